The third-order valence-corrected chi connectivity index (χ3v) is 5.69. The van der Waals surface area contributed by atoms with Gasteiger partial charge < -0.3 is 15.1 Å². The smallest absolute Gasteiger partial charge is 0.194 e. The maximum absolute atomic E-state index is 4.47. The summed E-state index contributed by atoms with van der Waals surface area (Å²) in [6, 6.07) is 14.7. The largest absolute Gasteiger partial charge is 0.360 e. The Morgan fingerprint density at radius 2 is 1.89 bits per heavy atom. The van der Waals surface area contributed by atoms with Crippen LogP contribution in [0.2, 0.25) is 0 Å². The molecule has 0 atom stereocenters. The monoisotopic (exact) mass is 508 g/mol. The van der Waals surface area contributed by atoms with Crippen LogP contribution in [-0.4, -0.2) is 53.9 Å². The van der Waals surface area contributed by atoms with Crippen LogP contribution in [0.5, 0.6) is 0 Å². The van der Waals surface area contributed by atoms with E-state index in [2.05, 4.69) is 67.0 Å². The van der Waals surface area contributed by atoms with E-state index < -0.39 is 0 Å². The van der Waals surface area contributed by atoms with Crippen LogP contribution >= 0.6 is 35.3 Å². The van der Waals surface area contributed by atoms with E-state index in [1.165, 1.54) is 10.6 Å². The molecule has 3 aromatic rings. The first-order valence-electron chi connectivity index (χ1n) is 9.16. The summed E-state index contributed by atoms with van der Waals surface area (Å²) in [6.45, 7) is 4.78. The van der Waals surface area contributed by atoms with Crippen LogP contribution < -0.4 is 10.2 Å². The number of hydrogen-bond donors (Lipinski definition) is 1. The van der Waals surface area contributed by atoms with Gasteiger partial charge in [-0.1, -0.05) is 12.1 Å². The van der Waals surface area contributed by atoms with Gasteiger partial charge in [0.2, 0.25) is 0 Å². The molecule has 2 aromatic heterocycles. The van der Waals surface area contributed by atoms with E-state index in [1.807, 2.05) is 35.3 Å². The second kappa shape index (κ2) is 9.92. The number of hydrogen-bond acceptors (Lipinski definition) is 4. The van der Waals surface area contributed by atoms with Crippen molar-refractivity contribution in [2.75, 3.05) is 38.1 Å². The first-order valence-corrected chi connectivity index (χ1v) is 10.0. The zero-order valence-corrected chi connectivity index (χ0v) is 19.0. The zero-order valence-electron chi connectivity index (χ0n) is 15.9. The van der Waals surface area contributed by atoms with Crippen molar-refractivity contribution in [2.45, 2.75) is 6.54 Å². The first-order chi connectivity index (χ1) is 13.3. The molecule has 0 amide bonds. The molecule has 148 valence electrons. The number of aromatic nitrogens is 2. The highest BCUT2D eigenvalue weighted by molar-refractivity contribution is 14.0. The van der Waals surface area contributed by atoms with Crippen molar-refractivity contribution in [1.29, 1.82) is 0 Å². The summed E-state index contributed by atoms with van der Waals surface area (Å²) in [5.74, 6) is 0.969. The maximum atomic E-state index is 4.47. The molecule has 3 heterocycles. The second-order valence-electron chi connectivity index (χ2n) is 6.44. The van der Waals surface area contributed by atoms with Crippen LogP contribution in [0.3, 0.4) is 0 Å². The van der Waals surface area contributed by atoms with Crippen molar-refractivity contribution in [3.8, 4) is 5.69 Å². The Bertz CT molecular complexity index is 853. The van der Waals surface area contributed by atoms with Crippen LogP contribution in [0.15, 0.2) is 65.2 Å². The number of aliphatic imine (C=N–C) groups is 1. The van der Waals surface area contributed by atoms with E-state index in [0.717, 1.165) is 44.4 Å². The summed E-state index contributed by atoms with van der Waals surface area (Å²) >= 11 is 1.81. The van der Waals surface area contributed by atoms with Gasteiger partial charge in [-0.2, -0.15) is 5.10 Å². The number of benzene rings is 1. The fraction of sp³-hybridized carbons (Fsp3) is 0.300. The molecule has 1 aliphatic heterocycles. The molecular formula is C20H25IN6S. The standard InChI is InChI=1S/C20H24N6S.HI/c1-21-20(25-13-11-24(12-14-25)19-4-2-15-27-19)22-16-17-5-7-18(8-6-17)26-10-3-9-23-26;/h2-10,15H,11-14,16H2,1H3,(H,21,22);1H. The Kier molecular flexibility index (Phi) is 7.32. The predicted octanol–water partition coefficient (Wildman–Crippen LogP) is 3.45. The van der Waals surface area contributed by atoms with Crippen molar-refractivity contribution in [3.05, 3.63) is 65.8 Å². The lowest BCUT2D eigenvalue weighted by Crippen LogP contribution is -2.52. The average molecular weight is 508 g/mol. The SMILES string of the molecule is CN=C(NCc1ccc(-n2cccn2)cc1)N1CCN(c2cccs2)CC1.I. The fourth-order valence-electron chi connectivity index (χ4n) is 3.29. The van der Waals surface area contributed by atoms with Crippen LogP contribution in [0, 0.1) is 0 Å². The Morgan fingerprint density at radius 1 is 1.11 bits per heavy atom. The summed E-state index contributed by atoms with van der Waals surface area (Å²) in [5.41, 5.74) is 2.29. The number of thiophene rings is 1. The highest BCUT2D eigenvalue weighted by Crippen LogP contribution is 2.22. The quantitative estimate of drug-likeness (QED) is 0.333. The lowest BCUT2D eigenvalue weighted by Gasteiger charge is -2.37. The lowest BCUT2D eigenvalue weighted by molar-refractivity contribution is 0.373. The minimum atomic E-state index is 0. The minimum absolute atomic E-state index is 0. The Hall–Kier alpha value is -2.07. The molecule has 0 saturated carbocycles. The normalized spacial score (nSPS) is 14.7. The minimum Gasteiger partial charge on any atom is -0.360 e. The topological polar surface area (TPSA) is 48.7 Å². The number of halogens is 1. The van der Waals surface area contributed by atoms with E-state index in [0.29, 0.717) is 0 Å². The van der Waals surface area contributed by atoms with Gasteiger partial charge in [0.05, 0.1) is 10.7 Å². The molecule has 6 nitrogen and oxygen atoms in total. The van der Waals surface area contributed by atoms with Crippen molar-refractivity contribution >= 4 is 46.3 Å². The van der Waals surface area contributed by atoms with Crippen LogP contribution in [0.4, 0.5) is 5.00 Å². The van der Waals surface area contributed by atoms with Gasteiger partial charge in [-0.3, -0.25) is 4.99 Å². The molecule has 1 N–H and O–H groups in total. The predicted molar refractivity (Wildman–Crippen MR) is 127 cm³/mol. The molecule has 0 spiro atoms. The molecule has 0 bridgehead atoms. The molecule has 0 aliphatic carbocycles. The second-order valence-corrected chi connectivity index (χ2v) is 7.37. The number of anilines is 1. The van der Waals surface area contributed by atoms with E-state index in [9.17, 15) is 0 Å². The molecule has 0 unspecified atom stereocenters. The van der Waals surface area contributed by atoms with Crippen molar-refractivity contribution in [1.82, 2.24) is 20.0 Å². The zero-order chi connectivity index (χ0) is 18.5. The summed E-state index contributed by atoms with van der Waals surface area (Å²) in [5, 5.41) is 11.3. The summed E-state index contributed by atoms with van der Waals surface area (Å²) in [7, 11) is 1.86. The third-order valence-electron chi connectivity index (χ3n) is 4.76. The Labute approximate surface area is 186 Å². The van der Waals surface area contributed by atoms with Gasteiger partial charge >= 0.3 is 0 Å². The lowest BCUT2D eigenvalue weighted by atomic mass is 10.2. The first kappa shape index (κ1) is 20.7. The number of piperazine rings is 1. The van der Waals surface area contributed by atoms with E-state index in [4.69, 9.17) is 0 Å². The molecule has 1 aromatic carbocycles. The van der Waals surface area contributed by atoms with Crippen LogP contribution in [0.1, 0.15) is 5.56 Å². The third kappa shape index (κ3) is 4.85. The Morgan fingerprint density at radius 3 is 2.50 bits per heavy atom. The van der Waals surface area contributed by atoms with Crippen molar-refractivity contribution in [3.63, 3.8) is 0 Å². The highest BCUT2D eigenvalue weighted by atomic mass is 127. The number of nitrogens with one attached hydrogen (secondary N) is 1. The van der Waals surface area contributed by atoms with Crippen LogP contribution in [0.25, 0.3) is 5.69 Å². The molecule has 4 rings (SSSR count). The van der Waals surface area contributed by atoms with Gasteiger partial charge in [0.15, 0.2) is 5.96 Å². The summed E-state index contributed by atoms with van der Waals surface area (Å²) in [6.07, 6.45) is 3.74. The van der Waals surface area contributed by atoms with Gasteiger partial charge in [0.25, 0.3) is 0 Å². The Balaban J connectivity index is 0.00000225. The molecule has 0 radical (unpaired) electrons. The van der Waals surface area contributed by atoms with Gasteiger partial charge in [0.1, 0.15) is 0 Å². The van der Waals surface area contributed by atoms with E-state index in [1.54, 1.807) is 6.20 Å². The maximum Gasteiger partial charge on any atom is 0.194 e. The fourth-order valence-corrected chi connectivity index (χ4v) is 4.08. The molecule has 28 heavy (non-hydrogen) atoms. The molecular weight excluding hydrogens is 483 g/mol. The molecule has 1 fully saturated rings. The van der Waals surface area contributed by atoms with Crippen LogP contribution in [-0.2, 0) is 6.54 Å². The van der Waals surface area contributed by atoms with Gasteiger partial charge in [0, 0.05) is 52.2 Å². The highest BCUT2D eigenvalue weighted by Gasteiger charge is 2.20. The van der Waals surface area contributed by atoms with Crippen molar-refractivity contribution in [2.24, 2.45) is 4.99 Å². The number of nitrogens with zero attached hydrogens (tertiary/aromatic N) is 5. The van der Waals surface area contributed by atoms with Crippen molar-refractivity contribution < 1.29 is 0 Å². The average Bonchev–Trinajstić information content (AvgIpc) is 3.44. The van der Waals surface area contributed by atoms with E-state index in [-0.39, 0.29) is 24.0 Å². The molecule has 1 saturated heterocycles. The van der Waals surface area contributed by atoms with Gasteiger partial charge in [-0.05, 0) is 41.3 Å². The molecule has 8 heteroatoms. The van der Waals surface area contributed by atoms with Gasteiger partial charge in [-0.15, -0.1) is 35.3 Å². The van der Waals surface area contributed by atoms with E-state index >= 15 is 0 Å². The number of rotatable bonds is 4. The molecule has 1 aliphatic rings. The summed E-state index contributed by atoms with van der Waals surface area (Å²) < 4.78 is 1.86. The number of guanidine groups is 1. The summed E-state index contributed by atoms with van der Waals surface area (Å²) in [4.78, 5) is 9.26. The van der Waals surface area contributed by atoms with Gasteiger partial charge in [-0.25, -0.2) is 4.68 Å².